The van der Waals surface area contributed by atoms with Crippen molar-refractivity contribution in [1.82, 2.24) is 25.6 Å². The topological polar surface area (TPSA) is 151 Å². The molecule has 0 spiro atoms. The highest BCUT2D eigenvalue weighted by Gasteiger charge is 2.28. The Hall–Kier alpha value is -3.21. The Balaban J connectivity index is 2.03. The van der Waals surface area contributed by atoms with Crippen LogP contribution in [0.5, 0.6) is 0 Å². The average Bonchev–Trinajstić information content (AvgIpc) is 3.08. The molecule has 0 fully saturated rings. The number of nitrogens with one attached hydrogen (secondary N) is 2. The van der Waals surface area contributed by atoms with Gasteiger partial charge in [-0.25, -0.2) is 14.8 Å². The highest BCUT2D eigenvalue weighted by atomic mass is 35.5. The Morgan fingerprint density at radius 3 is 2.58 bits per heavy atom. The first-order valence-corrected chi connectivity index (χ1v) is 6.78. The van der Waals surface area contributed by atoms with Crippen molar-refractivity contribution in [2.45, 2.75) is 13.0 Å². The molecule has 2 heterocycles. The quantitative estimate of drug-likeness (QED) is 0.541. The molecule has 0 radical (unpaired) electrons. The standard InChI is InChI=1S/C12H11ClN6O5/c1-6(9-15-5-24-18-9)19(12(22)23)17-11(21)10(20)16-8-3-2-7(13)4-14-8/h2-6H,1H3,(H,17,21)(H,22,23)(H,14,16,20). The molecule has 2 aromatic rings. The van der Waals surface area contributed by atoms with E-state index in [0.29, 0.717) is 10.0 Å². The molecule has 0 aliphatic rings. The molecular weight excluding hydrogens is 344 g/mol. The van der Waals surface area contributed by atoms with Crippen molar-refractivity contribution in [1.29, 1.82) is 0 Å². The summed E-state index contributed by atoms with van der Waals surface area (Å²) in [4.78, 5) is 42.4. The van der Waals surface area contributed by atoms with Crippen LogP contribution in [0, 0.1) is 0 Å². The molecule has 126 valence electrons. The van der Waals surface area contributed by atoms with E-state index in [1.807, 2.05) is 5.43 Å². The molecular formula is C12H11ClN6O5. The van der Waals surface area contributed by atoms with Gasteiger partial charge in [-0.15, -0.1) is 0 Å². The molecule has 0 saturated carbocycles. The number of amides is 3. The summed E-state index contributed by atoms with van der Waals surface area (Å²) in [6.45, 7) is 1.40. The fourth-order valence-electron chi connectivity index (χ4n) is 1.57. The van der Waals surface area contributed by atoms with Gasteiger partial charge in [-0.2, -0.15) is 4.98 Å². The normalized spacial score (nSPS) is 11.4. The molecule has 0 aromatic carbocycles. The van der Waals surface area contributed by atoms with Crippen molar-refractivity contribution in [2.24, 2.45) is 0 Å². The molecule has 0 aliphatic carbocycles. The van der Waals surface area contributed by atoms with E-state index in [4.69, 9.17) is 16.7 Å². The van der Waals surface area contributed by atoms with E-state index >= 15 is 0 Å². The van der Waals surface area contributed by atoms with Crippen LogP contribution in [0.4, 0.5) is 10.6 Å². The Kier molecular flexibility index (Phi) is 5.27. The fraction of sp³-hybridized carbons (Fsp3) is 0.167. The third-order valence-corrected chi connectivity index (χ3v) is 2.97. The van der Waals surface area contributed by atoms with Gasteiger partial charge in [0.1, 0.15) is 11.9 Å². The lowest BCUT2D eigenvalue weighted by Crippen LogP contribution is -2.50. The van der Waals surface area contributed by atoms with E-state index in [0.717, 1.165) is 6.39 Å². The highest BCUT2D eigenvalue weighted by Crippen LogP contribution is 2.14. The minimum absolute atomic E-state index is 0.0116. The summed E-state index contributed by atoms with van der Waals surface area (Å²) in [6, 6.07) is 1.86. The van der Waals surface area contributed by atoms with E-state index in [9.17, 15) is 14.4 Å². The number of carboxylic acid groups (broad SMARTS) is 1. The van der Waals surface area contributed by atoms with Gasteiger partial charge in [0.25, 0.3) is 0 Å². The lowest BCUT2D eigenvalue weighted by Gasteiger charge is -2.23. The Bertz CT molecular complexity index is 735. The number of pyridine rings is 1. The molecule has 3 amide bonds. The van der Waals surface area contributed by atoms with Crippen molar-refractivity contribution < 1.29 is 24.0 Å². The van der Waals surface area contributed by atoms with E-state index in [-0.39, 0.29) is 11.6 Å². The van der Waals surface area contributed by atoms with Crippen LogP contribution in [-0.4, -0.2) is 43.1 Å². The molecule has 12 heteroatoms. The monoisotopic (exact) mass is 354 g/mol. The zero-order valence-corrected chi connectivity index (χ0v) is 12.9. The molecule has 1 unspecified atom stereocenters. The summed E-state index contributed by atoms with van der Waals surface area (Å²) < 4.78 is 4.51. The average molecular weight is 355 g/mol. The van der Waals surface area contributed by atoms with Gasteiger partial charge in [0.05, 0.1) is 5.02 Å². The molecule has 2 rings (SSSR count). The van der Waals surface area contributed by atoms with Crippen molar-refractivity contribution in [3.63, 3.8) is 0 Å². The maximum Gasteiger partial charge on any atom is 0.426 e. The fourth-order valence-corrected chi connectivity index (χ4v) is 1.68. The van der Waals surface area contributed by atoms with Gasteiger partial charge in [-0.1, -0.05) is 16.8 Å². The Morgan fingerprint density at radius 1 is 1.29 bits per heavy atom. The number of aromatic nitrogens is 3. The summed E-state index contributed by atoms with van der Waals surface area (Å²) in [5.41, 5.74) is 1.94. The second-order valence-corrected chi connectivity index (χ2v) is 4.81. The van der Waals surface area contributed by atoms with Gasteiger partial charge < -0.3 is 14.9 Å². The van der Waals surface area contributed by atoms with Crippen LogP contribution in [0.15, 0.2) is 29.2 Å². The van der Waals surface area contributed by atoms with Crippen LogP contribution in [0.3, 0.4) is 0 Å². The van der Waals surface area contributed by atoms with Gasteiger partial charge >= 0.3 is 17.9 Å². The first-order chi connectivity index (χ1) is 11.4. The van der Waals surface area contributed by atoms with E-state index in [1.54, 1.807) is 0 Å². The van der Waals surface area contributed by atoms with E-state index < -0.39 is 23.9 Å². The van der Waals surface area contributed by atoms with Crippen molar-refractivity contribution in [3.8, 4) is 0 Å². The van der Waals surface area contributed by atoms with Gasteiger partial charge in [0.2, 0.25) is 6.39 Å². The first kappa shape index (κ1) is 17.1. The SMILES string of the molecule is CC(c1ncon1)N(NC(=O)C(=O)Nc1ccc(Cl)cn1)C(=O)O. The molecule has 0 bridgehead atoms. The van der Waals surface area contributed by atoms with Crippen LogP contribution >= 0.6 is 11.6 Å². The number of rotatable bonds is 3. The van der Waals surface area contributed by atoms with Crippen LogP contribution in [-0.2, 0) is 9.59 Å². The van der Waals surface area contributed by atoms with Crippen LogP contribution in [0.1, 0.15) is 18.8 Å². The zero-order chi connectivity index (χ0) is 17.7. The number of anilines is 1. The summed E-state index contributed by atoms with van der Waals surface area (Å²) in [5, 5.41) is 15.7. The Labute approximate surface area is 139 Å². The first-order valence-electron chi connectivity index (χ1n) is 6.40. The van der Waals surface area contributed by atoms with E-state index in [2.05, 4.69) is 25.0 Å². The largest absolute Gasteiger partial charge is 0.464 e. The number of hydrazine groups is 1. The molecule has 11 nitrogen and oxygen atoms in total. The molecule has 3 N–H and O–H groups in total. The Morgan fingerprint density at radius 2 is 2.04 bits per heavy atom. The number of halogens is 1. The minimum atomic E-state index is -1.52. The van der Waals surface area contributed by atoms with Gasteiger partial charge in [-0.3, -0.25) is 15.0 Å². The maximum absolute atomic E-state index is 11.9. The molecule has 2 aromatic heterocycles. The summed E-state index contributed by atoms with van der Waals surface area (Å²) in [5.74, 6) is -2.24. The lowest BCUT2D eigenvalue weighted by atomic mass is 10.3. The number of hydrogen-bond acceptors (Lipinski definition) is 7. The van der Waals surface area contributed by atoms with Gasteiger partial charge in [0, 0.05) is 6.20 Å². The highest BCUT2D eigenvalue weighted by molar-refractivity contribution is 6.39. The zero-order valence-electron chi connectivity index (χ0n) is 12.1. The minimum Gasteiger partial charge on any atom is -0.464 e. The van der Waals surface area contributed by atoms with Crippen LogP contribution in [0.25, 0.3) is 0 Å². The predicted octanol–water partition coefficient (Wildman–Crippen LogP) is 0.829. The number of nitrogens with zero attached hydrogens (tertiary/aromatic N) is 4. The molecule has 24 heavy (non-hydrogen) atoms. The van der Waals surface area contributed by atoms with Crippen molar-refractivity contribution in [3.05, 3.63) is 35.6 Å². The molecule has 0 saturated heterocycles. The van der Waals surface area contributed by atoms with Crippen molar-refractivity contribution >= 4 is 35.3 Å². The number of carbonyl (C=O) groups is 3. The van der Waals surface area contributed by atoms with Crippen molar-refractivity contribution in [2.75, 3.05) is 5.32 Å². The third-order valence-electron chi connectivity index (χ3n) is 2.74. The molecule has 0 aliphatic heterocycles. The van der Waals surface area contributed by atoms with Crippen LogP contribution < -0.4 is 10.7 Å². The summed E-state index contributed by atoms with van der Waals surface area (Å²) >= 11 is 5.65. The summed E-state index contributed by atoms with van der Waals surface area (Å²) in [7, 11) is 0. The molecule has 1 atom stereocenters. The maximum atomic E-state index is 11.9. The lowest BCUT2D eigenvalue weighted by molar-refractivity contribution is -0.139. The van der Waals surface area contributed by atoms with Gasteiger partial charge in [-0.05, 0) is 19.1 Å². The van der Waals surface area contributed by atoms with E-state index in [1.165, 1.54) is 25.3 Å². The third kappa shape index (κ3) is 4.16. The predicted molar refractivity (Wildman–Crippen MR) is 78.6 cm³/mol. The number of hydrogen-bond donors (Lipinski definition) is 3. The number of carbonyl (C=O) groups excluding carboxylic acids is 2. The second-order valence-electron chi connectivity index (χ2n) is 4.37. The van der Waals surface area contributed by atoms with Crippen LogP contribution in [0.2, 0.25) is 5.02 Å². The smallest absolute Gasteiger partial charge is 0.426 e. The second kappa shape index (κ2) is 7.37. The van der Waals surface area contributed by atoms with Gasteiger partial charge in [0.15, 0.2) is 5.82 Å². The summed E-state index contributed by atoms with van der Waals surface area (Å²) in [6.07, 6.45) is 0.766.